The number of carbonyl (C=O) groups is 2. The number of nitrogens with one attached hydrogen (secondary N) is 2. The number of nitrogens with zero attached hydrogens (tertiary/aromatic N) is 1. The Kier molecular flexibility index (Phi) is 6.46. The van der Waals surface area contributed by atoms with Crippen molar-refractivity contribution < 1.29 is 23.8 Å². The molecule has 0 aliphatic carbocycles. The summed E-state index contributed by atoms with van der Waals surface area (Å²) < 4.78 is 16.3. The summed E-state index contributed by atoms with van der Waals surface area (Å²) in [5, 5.41) is 14.0. The largest absolute Gasteiger partial charge is 0.493 e. The fourth-order valence-corrected chi connectivity index (χ4v) is 3.15. The van der Waals surface area contributed by atoms with Gasteiger partial charge in [0, 0.05) is 5.70 Å². The molecule has 8 nitrogen and oxygen atoms in total. The number of urea groups is 1. The predicted octanol–water partition coefficient (Wildman–Crippen LogP) is 2.55. The number of esters is 1. The summed E-state index contributed by atoms with van der Waals surface area (Å²) in [6.07, 6.45) is 0. The van der Waals surface area contributed by atoms with Crippen LogP contribution in [0.5, 0.6) is 11.5 Å². The summed E-state index contributed by atoms with van der Waals surface area (Å²) in [6, 6.07) is 4.07. The highest BCUT2D eigenvalue weighted by Gasteiger charge is 2.33. The van der Waals surface area contributed by atoms with Gasteiger partial charge < -0.3 is 24.8 Å². The molecule has 2 rings (SSSR count). The van der Waals surface area contributed by atoms with Crippen molar-refractivity contribution in [2.75, 3.05) is 20.3 Å². The van der Waals surface area contributed by atoms with Crippen molar-refractivity contribution in [3.8, 4) is 17.6 Å². The zero-order valence-corrected chi connectivity index (χ0v) is 16.1. The number of carbonyl (C=O) groups excluding carboxylic acids is 2. The maximum Gasteiger partial charge on any atom is 0.338 e. The average Bonchev–Trinajstić information content (AvgIpc) is 2.59. The summed E-state index contributed by atoms with van der Waals surface area (Å²) in [4.78, 5) is 24.3. The van der Waals surface area contributed by atoms with Crippen LogP contribution >= 0.6 is 15.9 Å². The van der Waals surface area contributed by atoms with Crippen molar-refractivity contribution in [2.24, 2.45) is 0 Å². The number of nitriles is 1. The molecule has 1 atom stereocenters. The third-order valence-corrected chi connectivity index (χ3v) is 4.22. The van der Waals surface area contributed by atoms with E-state index >= 15 is 0 Å². The smallest absolute Gasteiger partial charge is 0.338 e. The zero-order valence-electron chi connectivity index (χ0n) is 14.5. The van der Waals surface area contributed by atoms with E-state index in [0.29, 0.717) is 32.8 Å². The maximum absolute atomic E-state index is 12.4. The topological polar surface area (TPSA) is 110 Å². The van der Waals surface area contributed by atoms with Gasteiger partial charge in [-0.2, -0.15) is 5.26 Å². The Balaban J connectivity index is 2.52. The van der Waals surface area contributed by atoms with E-state index in [1.165, 1.54) is 7.11 Å². The van der Waals surface area contributed by atoms with Gasteiger partial charge in [0.25, 0.3) is 0 Å². The van der Waals surface area contributed by atoms with Crippen LogP contribution in [0.4, 0.5) is 4.79 Å². The lowest BCUT2D eigenvalue weighted by molar-refractivity contribution is -0.139. The molecular formula is C17H18BrN3O5. The minimum absolute atomic E-state index is 0.147. The molecule has 0 saturated carbocycles. The molecule has 26 heavy (non-hydrogen) atoms. The highest BCUT2D eigenvalue weighted by Crippen LogP contribution is 2.40. The number of amides is 2. The van der Waals surface area contributed by atoms with Crippen LogP contribution in [0.3, 0.4) is 0 Å². The third-order valence-electron chi connectivity index (χ3n) is 3.63. The van der Waals surface area contributed by atoms with E-state index in [4.69, 9.17) is 19.5 Å². The van der Waals surface area contributed by atoms with Crippen molar-refractivity contribution >= 4 is 27.9 Å². The molecule has 0 aromatic heterocycles. The molecule has 2 N–H and O–H groups in total. The Morgan fingerprint density at radius 2 is 2.15 bits per heavy atom. The monoisotopic (exact) mass is 423 g/mol. The maximum atomic E-state index is 12.4. The number of methoxy groups -OCH3 is 1. The van der Waals surface area contributed by atoms with Gasteiger partial charge >= 0.3 is 12.0 Å². The van der Waals surface area contributed by atoms with E-state index in [1.54, 1.807) is 26.0 Å². The van der Waals surface area contributed by atoms with Crippen molar-refractivity contribution in [2.45, 2.75) is 19.9 Å². The average molecular weight is 424 g/mol. The molecule has 0 spiro atoms. The number of allylic oxidation sites excluding steroid dienone is 1. The molecule has 0 fully saturated rings. The summed E-state index contributed by atoms with van der Waals surface area (Å²) >= 11 is 3.38. The van der Waals surface area contributed by atoms with E-state index in [-0.39, 0.29) is 13.2 Å². The van der Waals surface area contributed by atoms with Gasteiger partial charge in [-0.1, -0.05) is 0 Å². The Morgan fingerprint density at radius 3 is 2.77 bits per heavy atom. The minimum atomic E-state index is -0.724. The molecule has 1 aliphatic rings. The van der Waals surface area contributed by atoms with Gasteiger partial charge in [0.2, 0.25) is 0 Å². The first-order chi connectivity index (χ1) is 12.4. The van der Waals surface area contributed by atoms with Crippen LogP contribution in [-0.4, -0.2) is 32.3 Å². The number of benzene rings is 1. The van der Waals surface area contributed by atoms with E-state index in [0.717, 1.165) is 0 Å². The van der Waals surface area contributed by atoms with Crippen LogP contribution in [0.2, 0.25) is 0 Å². The Bertz CT molecular complexity index is 800. The molecule has 0 bridgehead atoms. The van der Waals surface area contributed by atoms with Crippen LogP contribution in [-0.2, 0) is 9.53 Å². The van der Waals surface area contributed by atoms with Gasteiger partial charge in [-0.15, -0.1) is 0 Å². The van der Waals surface area contributed by atoms with Gasteiger partial charge in [0.05, 0.1) is 29.8 Å². The second-order valence-corrected chi connectivity index (χ2v) is 6.13. The summed E-state index contributed by atoms with van der Waals surface area (Å²) in [6.45, 7) is 3.41. The Labute approximate surface area is 159 Å². The molecule has 0 unspecified atom stereocenters. The highest BCUT2D eigenvalue weighted by molar-refractivity contribution is 9.10. The summed E-state index contributed by atoms with van der Waals surface area (Å²) in [7, 11) is 1.46. The van der Waals surface area contributed by atoms with E-state index in [9.17, 15) is 9.59 Å². The SMILES string of the molecule is CCOC(=O)C1=C(C)NC(=O)N[C@@H]1c1cc(Br)c(OCC#N)c(OC)c1. The first-order valence-electron chi connectivity index (χ1n) is 7.75. The van der Waals surface area contributed by atoms with E-state index in [2.05, 4.69) is 26.6 Å². The fraction of sp³-hybridized carbons (Fsp3) is 0.353. The van der Waals surface area contributed by atoms with Crippen LogP contribution in [0.15, 0.2) is 27.9 Å². The Morgan fingerprint density at radius 1 is 1.42 bits per heavy atom. The van der Waals surface area contributed by atoms with E-state index in [1.807, 2.05) is 6.07 Å². The lowest BCUT2D eigenvalue weighted by Gasteiger charge is -2.28. The number of hydrogen-bond donors (Lipinski definition) is 2. The quantitative estimate of drug-likeness (QED) is 0.680. The van der Waals surface area contributed by atoms with Crippen LogP contribution < -0.4 is 20.1 Å². The van der Waals surface area contributed by atoms with Crippen molar-refractivity contribution in [1.82, 2.24) is 10.6 Å². The van der Waals surface area contributed by atoms with Gasteiger partial charge in [-0.25, -0.2) is 9.59 Å². The molecule has 1 aromatic carbocycles. The number of hydrogen-bond acceptors (Lipinski definition) is 6. The minimum Gasteiger partial charge on any atom is -0.493 e. The lowest BCUT2D eigenvalue weighted by Crippen LogP contribution is -2.45. The van der Waals surface area contributed by atoms with Crippen molar-refractivity contribution in [3.63, 3.8) is 0 Å². The Hall–Kier alpha value is -2.73. The lowest BCUT2D eigenvalue weighted by atomic mass is 9.95. The molecule has 1 aliphatic heterocycles. The van der Waals surface area contributed by atoms with Gasteiger partial charge in [0.1, 0.15) is 6.07 Å². The van der Waals surface area contributed by atoms with Gasteiger partial charge in [-0.3, -0.25) is 0 Å². The normalized spacial score (nSPS) is 16.3. The molecule has 1 heterocycles. The van der Waals surface area contributed by atoms with E-state index < -0.39 is 18.0 Å². The highest BCUT2D eigenvalue weighted by atomic mass is 79.9. The molecule has 9 heteroatoms. The zero-order chi connectivity index (χ0) is 19.3. The molecule has 0 radical (unpaired) electrons. The first kappa shape index (κ1) is 19.6. The van der Waals surface area contributed by atoms with Crippen molar-refractivity contribution in [3.05, 3.63) is 33.4 Å². The standard InChI is InChI=1S/C17H18BrN3O5/c1-4-25-16(22)13-9(2)20-17(23)21-14(13)10-7-11(18)15(26-6-5-19)12(8-10)24-3/h7-8,14H,4,6H2,1-3H3,(H2,20,21,23)/t14-/m1/s1. The van der Waals surface area contributed by atoms with Gasteiger partial charge in [0.15, 0.2) is 18.1 Å². The fourth-order valence-electron chi connectivity index (χ4n) is 2.57. The number of rotatable bonds is 6. The summed E-state index contributed by atoms with van der Waals surface area (Å²) in [5.74, 6) is 0.192. The number of ether oxygens (including phenoxy) is 3. The molecular weight excluding hydrogens is 406 g/mol. The van der Waals surface area contributed by atoms with Crippen molar-refractivity contribution in [1.29, 1.82) is 5.26 Å². The molecule has 138 valence electrons. The summed E-state index contributed by atoms with van der Waals surface area (Å²) in [5.41, 5.74) is 1.30. The molecule has 2 amide bonds. The molecule has 1 aromatic rings. The predicted molar refractivity (Wildman–Crippen MR) is 95.5 cm³/mol. The third kappa shape index (κ3) is 4.08. The van der Waals surface area contributed by atoms with Gasteiger partial charge in [-0.05, 0) is 47.5 Å². The number of halogens is 1. The molecule has 0 saturated heterocycles. The second-order valence-electron chi connectivity index (χ2n) is 5.27. The van der Waals surface area contributed by atoms with Crippen LogP contribution in [0.25, 0.3) is 0 Å². The van der Waals surface area contributed by atoms with Crippen LogP contribution in [0, 0.1) is 11.3 Å². The first-order valence-corrected chi connectivity index (χ1v) is 8.54. The second kappa shape index (κ2) is 8.58. The van der Waals surface area contributed by atoms with Crippen LogP contribution in [0.1, 0.15) is 25.5 Å².